The molecule has 0 unspecified atom stereocenters. The molecule has 4 aromatic rings. The molecule has 0 amide bonds. The van der Waals surface area contributed by atoms with Gasteiger partial charge in [-0.25, -0.2) is 9.79 Å². The summed E-state index contributed by atoms with van der Waals surface area (Å²) in [4.78, 5) is 31.7. The molecule has 188 valence electrons. The molecular weight excluding hydrogens is 535 g/mol. The Bertz CT molecular complexity index is 1750. The maximum absolute atomic E-state index is 13.6. The standard InChI is InChI=1S/C27H20Cl2N2O5S/c1-3-35-26(34)23-14(2)30-27-31(25(33)22(37-27)12-15-5-4-6-17(32)11-15)24(23)21-10-9-20(36-21)16-7-8-18(28)19(29)13-16/h4-13,24,32H,3H2,1-2H3/b22-12-/t24-/m1/s1. The molecule has 3 heterocycles. The van der Waals surface area contributed by atoms with E-state index in [0.29, 0.717) is 47.7 Å². The third-order valence-corrected chi connectivity index (χ3v) is 7.51. The first kappa shape index (κ1) is 25.1. The number of nitrogens with zero attached hydrogens (tertiary/aromatic N) is 2. The van der Waals surface area contributed by atoms with E-state index in [9.17, 15) is 14.7 Å². The van der Waals surface area contributed by atoms with Gasteiger partial charge in [0.1, 0.15) is 23.3 Å². The molecule has 1 N–H and O–H groups in total. The molecule has 1 aliphatic heterocycles. The second-order valence-corrected chi connectivity index (χ2v) is 10.1. The van der Waals surface area contributed by atoms with Gasteiger partial charge in [0.05, 0.1) is 32.5 Å². The zero-order valence-electron chi connectivity index (χ0n) is 19.7. The average Bonchev–Trinajstić information content (AvgIpc) is 3.45. The van der Waals surface area contributed by atoms with Crippen molar-refractivity contribution in [2.24, 2.45) is 4.99 Å². The SMILES string of the molecule is CCOC(=O)C1=C(C)N=c2s/c(=C\c3cccc(O)c3)c(=O)n2[C@@H]1c1ccc(-c2ccc(Cl)c(Cl)c2)o1. The molecular formula is C27H20Cl2N2O5S. The van der Waals surface area contributed by atoms with Gasteiger partial charge in [0.2, 0.25) is 0 Å². The Kier molecular flexibility index (Phi) is 6.81. The lowest BCUT2D eigenvalue weighted by Crippen LogP contribution is -2.39. The van der Waals surface area contributed by atoms with Crippen LogP contribution in [0.5, 0.6) is 5.75 Å². The summed E-state index contributed by atoms with van der Waals surface area (Å²) in [6, 6.07) is 14.3. The summed E-state index contributed by atoms with van der Waals surface area (Å²) in [5.41, 5.74) is 1.64. The van der Waals surface area contributed by atoms with Gasteiger partial charge in [-0.2, -0.15) is 0 Å². The summed E-state index contributed by atoms with van der Waals surface area (Å²) < 4.78 is 13.3. The molecule has 1 atom stereocenters. The number of ether oxygens (including phenoxy) is 1. The molecule has 0 fully saturated rings. The summed E-state index contributed by atoms with van der Waals surface area (Å²) in [7, 11) is 0. The first-order chi connectivity index (χ1) is 17.8. The highest BCUT2D eigenvalue weighted by atomic mass is 35.5. The van der Waals surface area contributed by atoms with Crippen molar-refractivity contribution in [1.82, 2.24) is 4.57 Å². The lowest BCUT2D eigenvalue weighted by molar-refractivity contribution is -0.139. The molecule has 0 saturated carbocycles. The van der Waals surface area contributed by atoms with Crippen molar-refractivity contribution >= 4 is 46.6 Å². The molecule has 2 aromatic heterocycles. The summed E-state index contributed by atoms with van der Waals surface area (Å²) in [5, 5.41) is 10.6. The van der Waals surface area contributed by atoms with Crippen LogP contribution in [-0.4, -0.2) is 22.2 Å². The monoisotopic (exact) mass is 554 g/mol. The average molecular weight is 555 g/mol. The predicted octanol–water partition coefficient (Wildman–Crippen LogP) is 5.07. The van der Waals surface area contributed by atoms with Gasteiger partial charge in [-0.1, -0.05) is 46.7 Å². The summed E-state index contributed by atoms with van der Waals surface area (Å²) in [6.07, 6.45) is 1.67. The molecule has 5 rings (SSSR count). The van der Waals surface area contributed by atoms with Crippen LogP contribution in [0.4, 0.5) is 0 Å². The first-order valence-corrected chi connectivity index (χ1v) is 12.9. The normalized spacial score (nSPS) is 15.5. The smallest absolute Gasteiger partial charge is 0.338 e. The van der Waals surface area contributed by atoms with E-state index in [2.05, 4.69) is 4.99 Å². The Hall–Kier alpha value is -3.59. The van der Waals surface area contributed by atoms with Crippen molar-refractivity contribution in [1.29, 1.82) is 0 Å². The number of carbonyl (C=O) groups excluding carboxylic acids is 1. The number of phenolic OH excluding ortho intramolecular Hbond substituents is 1. The van der Waals surface area contributed by atoms with Crippen LogP contribution in [0.3, 0.4) is 0 Å². The van der Waals surface area contributed by atoms with E-state index < -0.39 is 12.0 Å². The topological polar surface area (TPSA) is 94.0 Å². The third-order valence-electron chi connectivity index (χ3n) is 5.79. The predicted molar refractivity (Wildman–Crippen MR) is 143 cm³/mol. The molecule has 2 aromatic carbocycles. The Morgan fingerprint density at radius 1 is 1.19 bits per heavy atom. The minimum Gasteiger partial charge on any atom is -0.508 e. The summed E-state index contributed by atoms with van der Waals surface area (Å²) in [6.45, 7) is 3.58. The fourth-order valence-corrected chi connectivity index (χ4v) is 5.48. The number of rotatable bonds is 5. The summed E-state index contributed by atoms with van der Waals surface area (Å²) >= 11 is 13.4. The van der Waals surface area contributed by atoms with Gasteiger partial charge in [0.25, 0.3) is 5.56 Å². The minimum absolute atomic E-state index is 0.0882. The van der Waals surface area contributed by atoms with Crippen LogP contribution in [0.15, 0.2) is 80.1 Å². The van der Waals surface area contributed by atoms with Crippen LogP contribution >= 0.6 is 34.5 Å². The van der Waals surface area contributed by atoms with Crippen molar-refractivity contribution in [3.05, 3.63) is 107 Å². The number of allylic oxidation sites excluding steroid dienone is 1. The van der Waals surface area contributed by atoms with E-state index in [4.69, 9.17) is 32.4 Å². The lowest BCUT2D eigenvalue weighted by atomic mass is 10.0. The highest BCUT2D eigenvalue weighted by Crippen LogP contribution is 2.35. The van der Waals surface area contributed by atoms with Crippen LogP contribution in [0.1, 0.15) is 31.2 Å². The lowest BCUT2D eigenvalue weighted by Gasteiger charge is -2.22. The highest BCUT2D eigenvalue weighted by molar-refractivity contribution is 7.07. The van der Waals surface area contributed by atoms with Gasteiger partial charge in [-0.3, -0.25) is 9.36 Å². The van der Waals surface area contributed by atoms with E-state index in [1.807, 2.05) is 0 Å². The molecule has 0 spiro atoms. The number of hydrogen-bond donors (Lipinski definition) is 1. The van der Waals surface area contributed by atoms with Crippen molar-refractivity contribution in [3.63, 3.8) is 0 Å². The number of thiazole rings is 1. The number of furan rings is 1. The number of fused-ring (bicyclic) bond motifs is 1. The quantitative estimate of drug-likeness (QED) is 0.347. The molecule has 10 heteroatoms. The molecule has 0 bridgehead atoms. The number of phenols is 1. The van der Waals surface area contributed by atoms with Gasteiger partial charge < -0.3 is 14.3 Å². The van der Waals surface area contributed by atoms with Gasteiger partial charge >= 0.3 is 5.97 Å². The van der Waals surface area contributed by atoms with Gasteiger partial charge in [-0.15, -0.1) is 0 Å². The number of aromatic nitrogens is 1. The number of esters is 1. The van der Waals surface area contributed by atoms with Crippen LogP contribution in [0, 0.1) is 0 Å². The van der Waals surface area contributed by atoms with Gasteiger partial charge in [-0.05, 0) is 68.0 Å². The van der Waals surface area contributed by atoms with E-state index >= 15 is 0 Å². The zero-order valence-corrected chi connectivity index (χ0v) is 22.0. The molecule has 37 heavy (non-hydrogen) atoms. The van der Waals surface area contributed by atoms with Crippen molar-refractivity contribution in [2.45, 2.75) is 19.9 Å². The van der Waals surface area contributed by atoms with Crippen LogP contribution in [0.2, 0.25) is 10.0 Å². The maximum atomic E-state index is 13.6. The van der Waals surface area contributed by atoms with E-state index in [1.54, 1.807) is 74.5 Å². The van der Waals surface area contributed by atoms with Gasteiger partial charge in [0, 0.05) is 5.56 Å². The number of hydrogen-bond acceptors (Lipinski definition) is 7. The maximum Gasteiger partial charge on any atom is 0.338 e. The van der Waals surface area contributed by atoms with Crippen molar-refractivity contribution in [2.75, 3.05) is 6.61 Å². The molecule has 0 aliphatic carbocycles. The second kappa shape index (κ2) is 10.0. The molecule has 0 saturated heterocycles. The van der Waals surface area contributed by atoms with Crippen molar-refractivity contribution in [3.8, 4) is 17.1 Å². The van der Waals surface area contributed by atoms with Crippen molar-refractivity contribution < 1.29 is 19.1 Å². The Morgan fingerprint density at radius 2 is 2.00 bits per heavy atom. The number of benzene rings is 2. The van der Waals surface area contributed by atoms with Crippen LogP contribution < -0.4 is 14.9 Å². The molecule has 1 aliphatic rings. The highest BCUT2D eigenvalue weighted by Gasteiger charge is 2.35. The molecule has 0 radical (unpaired) electrons. The van der Waals surface area contributed by atoms with Gasteiger partial charge in [0.15, 0.2) is 4.80 Å². The van der Waals surface area contributed by atoms with Crippen LogP contribution in [-0.2, 0) is 9.53 Å². The third kappa shape index (κ3) is 4.75. The van der Waals surface area contributed by atoms with E-state index in [1.165, 1.54) is 15.9 Å². The fraction of sp³-hybridized carbons (Fsp3) is 0.148. The van der Waals surface area contributed by atoms with E-state index in [-0.39, 0.29) is 23.5 Å². The number of halogens is 2. The Labute approximate surface area is 225 Å². The fourth-order valence-electron chi connectivity index (χ4n) is 4.13. The molecule has 7 nitrogen and oxygen atoms in total. The Balaban J connectivity index is 1.69. The van der Waals surface area contributed by atoms with E-state index in [0.717, 1.165) is 0 Å². The largest absolute Gasteiger partial charge is 0.508 e. The Morgan fingerprint density at radius 3 is 2.73 bits per heavy atom. The number of carbonyl (C=O) groups is 1. The first-order valence-electron chi connectivity index (χ1n) is 11.3. The zero-order chi connectivity index (χ0) is 26.3. The minimum atomic E-state index is -0.891. The van der Waals surface area contributed by atoms with Crippen LogP contribution in [0.25, 0.3) is 17.4 Å². The second-order valence-electron chi connectivity index (χ2n) is 8.23. The summed E-state index contributed by atoms with van der Waals surface area (Å²) in [5.74, 6) is 0.366. The number of aromatic hydroxyl groups is 1.